The molecule has 1 heterocycles. The molecule has 0 unspecified atom stereocenters. The number of fused-ring (bicyclic) bond motifs is 1. The Morgan fingerprint density at radius 3 is 2.74 bits per heavy atom. The van der Waals surface area contributed by atoms with E-state index in [-0.39, 0.29) is 5.56 Å². The second-order valence-electron chi connectivity index (χ2n) is 4.85. The van der Waals surface area contributed by atoms with Gasteiger partial charge in [-0.3, -0.25) is 9.59 Å². The van der Waals surface area contributed by atoms with Crippen molar-refractivity contribution in [2.45, 2.75) is 19.4 Å². The maximum atomic E-state index is 11.9. The Morgan fingerprint density at radius 2 is 2.11 bits per heavy atom. The molecule has 6 nitrogen and oxygen atoms in total. The van der Waals surface area contributed by atoms with Crippen LogP contribution in [0.5, 0.6) is 0 Å². The van der Waals surface area contributed by atoms with Crippen LogP contribution in [0.2, 0.25) is 0 Å². The van der Waals surface area contributed by atoms with Crippen LogP contribution in [0.25, 0.3) is 11.0 Å². The SMILES string of the molecule is O=C(O)c1ccc2c(c1)[nH]c(=O)c(=O)n2CC1CC1. The van der Waals surface area contributed by atoms with E-state index < -0.39 is 17.1 Å². The van der Waals surface area contributed by atoms with E-state index in [1.165, 1.54) is 16.7 Å². The highest BCUT2D eigenvalue weighted by molar-refractivity contribution is 5.92. The number of nitrogens with one attached hydrogen (secondary N) is 1. The number of rotatable bonds is 3. The van der Waals surface area contributed by atoms with Crippen LogP contribution in [0.3, 0.4) is 0 Å². The van der Waals surface area contributed by atoms with Gasteiger partial charge >= 0.3 is 17.1 Å². The lowest BCUT2D eigenvalue weighted by molar-refractivity contribution is 0.0697. The van der Waals surface area contributed by atoms with Crippen molar-refractivity contribution in [3.05, 3.63) is 44.5 Å². The van der Waals surface area contributed by atoms with E-state index >= 15 is 0 Å². The summed E-state index contributed by atoms with van der Waals surface area (Å²) in [5, 5.41) is 8.93. The zero-order valence-electron chi connectivity index (χ0n) is 10.0. The highest BCUT2D eigenvalue weighted by Crippen LogP contribution is 2.30. The van der Waals surface area contributed by atoms with Gasteiger partial charge < -0.3 is 14.7 Å². The van der Waals surface area contributed by atoms with Gasteiger partial charge in [-0.2, -0.15) is 0 Å². The first-order chi connectivity index (χ1) is 9.06. The van der Waals surface area contributed by atoms with E-state index in [0.717, 1.165) is 12.8 Å². The quantitative estimate of drug-likeness (QED) is 0.798. The van der Waals surface area contributed by atoms with Crippen LogP contribution in [0, 0.1) is 5.92 Å². The number of aromatic nitrogens is 2. The van der Waals surface area contributed by atoms with Crippen molar-refractivity contribution >= 4 is 17.0 Å². The molecule has 0 bridgehead atoms. The Balaban J connectivity index is 2.27. The minimum atomic E-state index is -1.07. The van der Waals surface area contributed by atoms with E-state index in [1.54, 1.807) is 6.07 Å². The molecule has 1 aliphatic carbocycles. The minimum Gasteiger partial charge on any atom is -0.478 e. The summed E-state index contributed by atoms with van der Waals surface area (Å²) in [4.78, 5) is 36.8. The summed E-state index contributed by atoms with van der Waals surface area (Å²) < 4.78 is 1.44. The molecule has 98 valence electrons. The van der Waals surface area contributed by atoms with E-state index in [9.17, 15) is 14.4 Å². The topological polar surface area (TPSA) is 92.2 Å². The van der Waals surface area contributed by atoms with Gasteiger partial charge in [0, 0.05) is 6.54 Å². The van der Waals surface area contributed by atoms with Crippen LogP contribution >= 0.6 is 0 Å². The largest absolute Gasteiger partial charge is 0.478 e. The summed E-state index contributed by atoms with van der Waals surface area (Å²) in [5.74, 6) is -0.621. The molecule has 0 radical (unpaired) electrons. The smallest absolute Gasteiger partial charge is 0.335 e. The lowest BCUT2D eigenvalue weighted by Crippen LogP contribution is -2.36. The Kier molecular flexibility index (Phi) is 2.51. The average molecular weight is 260 g/mol. The molecule has 1 saturated carbocycles. The fraction of sp³-hybridized carbons (Fsp3) is 0.308. The number of aromatic amines is 1. The van der Waals surface area contributed by atoms with Crippen molar-refractivity contribution in [1.29, 1.82) is 0 Å². The molecule has 0 aliphatic heterocycles. The van der Waals surface area contributed by atoms with Crippen LogP contribution in [0.15, 0.2) is 27.8 Å². The number of carboxylic acids is 1. The molecule has 2 N–H and O–H groups in total. The zero-order chi connectivity index (χ0) is 13.6. The zero-order valence-corrected chi connectivity index (χ0v) is 10.0. The number of carboxylic acid groups (broad SMARTS) is 1. The monoisotopic (exact) mass is 260 g/mol. The fourth-order valence-electron chi connectivity index (χ4n) is 2.15. The Bertz CT molecular complexity index is 783. The van der Waals surface area contributed by atoms with Crippen molar-refractivity contribution in [2.75, 3.05) is 0 Å². The van der Waals surface area contributed by atoms with E-state index in [4.69, 9.17) is 5.11 Å². The van der Waals surface area contributed by atoms with Gasteiger partial charge in [-0.05, 0) is 37.0 Å². The van der Waals surface area contributed by atoms with Gasteiger partial charge in [-0.15, -0.1) is 0 Å². The molecule has 2 aromatic rings. The lowest BCUT2D eigenvalue weighted by atomic mass is 10.2. The Morgan fingerprint density at radius 1 is 1.37 bits per heavy atom. The molecule has 1 aromatic carbocycles. The molecule has 19 heavy (non-hydrogen) atoms. The Labute approximate surface area is 107 Å². The van der Waals surface area contributed by atoms with Crippen molar-refractivity contribution in [3.63, 3.8) is 0 Å². The third kappa shape index (κ3) is 2.05. The second-order valence-corrected chi connectivity index (χ2v) is 4.85. The van der Waals surface area contributed by atoms with Gasteiger partial charge in [0.2, 0.25) is 0 Å². The first-order valence-corrected chi connectivity index (χ1v) is 6.06. The number of carbonyl (C=O) groups is 1. The summed E-state index contributed by atoms with van der Waals surface area (Å²) in [5.41, 5.74) is -0.260. The summed E-state index contributed by atoms with van der Waals surface area (Å²) in [6.07, 6.45) is 2.13. The molecule has 1 aromatic heterocycles. The highest BCUT2D eigenvalue weighted by Gasteiger charge is 2.23. The number of hydrogen-bond donors (Lipinski definition) is 2. The molecule has 0 spiro atoms. The molecular formula is C13H12N2O4. The fourth-order valence-corrected chi connectivity index (χ4v) is 2.15. The van der Waals surface area contributed by atoms with Crippen LogP contribution in [-0.2, 0) is 6.54 Å². The first kappa shape index (κ1) is 11.7. The molecule has 1 fully saturated rings. The van der Waals surface area contributed by atoms with Crippen molar-refractivity contribution in [1.82, 2.24) is 9.55 Å². The van der Waals surface area contributed by atoms with Gasteiger partial charge in [0.1, 0.15) is 0 Å². The minimum absolute atomic E-state index is 0.0831. The third-order valence-corrected chi connectivity index (χ3v) is 3.36. The molecule has 0 atom stereocenters. The summed E-state index contributed by atoms with van der Waals surface area (Å²) >= 11 is 0. The molecule has 0 saturated heterocycles. The number of H-pyrrole nitrogens is 1. The van der Waals surface area contributed by atoms with Crippen molar-refractivity contribution in [2.24, 2.45) is 5.92 Å². The number of aromatic carboxylic acids is 1. The first-order valence-electron chi connectivity index (χ1n) is 6.06. The number of nitrogens with zero attached hydrogens (tertiary/aromatic N) is 1. The molecule has 1 aliphatic rings. The Hall–Kier alpha value is -2.37. The summed E-state index contributed by atoms with van der Waals surface area (Å²) in [6, 6.07) is 4.38. The van der Waals surface area contributed by atoms with Gasteiger partial charge in [-0.25, -0.2) is 4.79 Å². The van der Waals surface area contributed by atoms with Crippen LogP contribution in [0.4, 0.5) is 0 Å². The van der Waals surface area contributed by atoms with E-state index in [1.807, 2.05) is 0 Å². The van der Waals surface area contributed by atoms with Crippen LogP contribution < -0.4 is 11.1 Å². The maximum absolute atomic E-state index is 11.9. The molecule has 3 rings (SSSR count). The van der Waals surface area contributed by atoms with Crippen molar-refractivity contribution < 1.29 is 9.90 Å². The second kappa shape index (κ2) is 4.08. The molecule has 0 amide bonds. The predicted octanol–water partition coefficient (Wildman–Crippen LogP) is 0.798. The number of hydrogen-bond acceptors (Lipinski definition) is 3. The van der Waals surface area contributed by atoms with Gasteiger partial charge in [-0.1, -0.05) is 0 Å². The summed E-state index contributed by atoms with van der Waals surface area (Å²) in [7, 11) is 0. The van der Waals surface area contributed by atoms with E-state index in [2.05, 4.69) is 4.98 Å². The maximum Gasteiger partial charge on any atom is 0.335 e. The normalized spacial score (nSPS) is 14.7. The predicted molar refractivity (Wildman–Crippen MR) is 68.5 cm³/mol. The van der Waals surface area contributed by atoms with Gasteiger partial charge in [0.25, 0.3) is 0 Å². The summed E-state index contributed by atoms with van der Waals surface area (Å²) in [6.45, 7) is 0.520. The average Bonchev–Trinajstić information content (AvgIpc) is 3.18. The third-order valence-electron chi connectivity index (χ3n) is 3.36. The van der Waals surface area contributed by atoms with E-state index in [0.29, 0.717) is 23.5 Å². The van der Waals surface area contributed by atoms with Crippen LogP contribution in [-0.4, -0.2) is 20.6 Å². The molecule has 6 heteroatoms. The lowest BCUT2D eigenvalue weighted by Gasteiger charge is -2.09. The van der Waals surface area contributed by atoms with Gasteiger partial charge in [0.05, 0.1) is 16.6 Å². The molecular weight excluding hydrogens is 248 g/mol. The van der Waals surface area contributed by atoms with Gasteiger partial charge in [0.15, 0.2) is 0 Å². The standard InChI is InChI=1S/C13H12N2O4/c16-11-12(17)15(6-7-1-2-7)10-4-3-8(13(18)19)5-9(10)14-11/h3-5,7H,1-2,6H2,(H,14,16)(H,18,19). The van der Waals surface area contributed by atoms with Crippen LogP contribution in [0.1, 0.15) is 23.2 Å². The van der Waals surface area contributed by atoms with Crippen molar-refractivity contribution in [3.8, 4) is 0 Å². The highest BCUT2D eigenvalue weighted by atomic mass is 16.4. The number of benzene rings is 1.